The molecule has 8 nitrogen and oxygen atoms in total. The van der Waals surface area contributed by atoms with E-state index in [0.717, 1.165) is 28.4 Å². The molecule has 0 radical (unpaired) electrons. The smallest absolute Gasteiger partial charge is 0.368 e. The number of anilines is 1. The van der Waals surface area contributed by atoms with E-state index >= 15 is 0 Å². The van der Waals surface area contributed by atoms with E-state index in [0.29, 0.717) is 16.1 Å². The Morgan fingerprint density at radius 3 is 2.60 bits per heavy atom. The lowest BCUT2D eigenvalue weighted by molar-refractivity contribution is -0.298. The molecule has 1 N–H and O–H groups in total. The van der Waals surface area contributed by atoms with Gasteiger partial charge in [0.1, 0.15) is 17.2 Å². The van der Waals surface area contributed by atoms with Gasteiger partial charge in [-0.25, -0.2) is 19.9 Å². The number of nitrogens with zero attached hydrogens (tertiary/aromatic N) is 5. The number of pyridine rings is 1. The summed E-state index contributed by atoms with van der Waals surface area (Å²) in [5.41, 5.74) is -0.996. The fourth-order valence-electron chi connectivity index (χ4n) is 3.61. The summed E-state index contributed by atoms with van der Waals surface area (Å²) < 4.78 is 71.7. The zero-order chi connectivity index (χ0) is 25.4. The number of hydrogen-bond donors (Lipinski definition) is 1. The zero-order valence-electron chi connectivity index (χ0n) is 18.4. The van der Waals surface area contributed by atoms with Crippen LogP contribution in [0.25, 0.3) is 10.7 Å². The molecule has 0 spiro atoms. The predicted molar refractivity (Wildman–Crippen MR) is 116 cm³/mol. The number of aryl methyl sites for hydroxylation is 1. The molecular weight excluding hydrogens is 495 g/mol. The van der Waals surface area contributed by atoms with Gasteiger partial charge >= 0.3 is 12.3 Å². The molecule has 4 heterocycles. The number of rotatable bonds is 5. The minimum Gasteiger partial charge on any atom is -0.368 e. The number of ether oxygens (including phenoxy) is 1. The van der Waals surface area contributed by atoms with E-state index < -0.39 is 42.4 Å². The first-order valence-electron chi connectivity index (χ1n) is 10.3. The number of thiazole rings is 1. The van der Waals surface area contributed by atoms with E-state index in [4.69, 9.17) is 4.74 Å². The standard InChI is InChI=1S/C21H19F5N6O2S/c1-11-14(9-30-15-5-4-13(8-29-15)21(24,25)26)32(10-20(22,23)34-11)19(33)16-17(35-12(2)31-16)18-27-6-3-7-28-18/h3-8,11,14H,9-10H2,1-2H3,(H,29,30)/t11-,14+/m0/s1. The number of amides is 1. The summed E-state index contributed by atoms with van der Waals surface area (Å²) in [6, 6.07) is 2.65. The summed E-state index contributed by atoms with van der Waals surface area (Å²) in [5.74, 6) is -0.449. The average molecular weight is 514 g/mol. The summed E-state index contributed by atoms with van der Waals surface area (Å²) in [5, 5.41) is 3.32. The maximum Gasteiger partial charge on any atom is 0.417 e. The Bertz CT molecular complexity index is 1190. The summed E-state index contributed by atoms with van der Waals surface area (Å²) in [6.07, 6.45) is -5.63. The van der Waals surface area contributed by atoms with Crippen molar-refractivity contribution < 1.29 is 31.5 Å². The quantitative estimate of drug-likeness (QED) is 0.509. The van der Waals surface area contributed by atoms with Gasteiger partial charge in [0.25, 0.3) is 5.91 Å². The van der Waals surface area contributed by atoms with Crippen LogP contribution in [0.5, 0.6) is 0 Å². The molecule has 3 aromatic rings. The fraction of sp³-hybridized carbons (Fsp3) is 0.381. The molecule has 14 heteroatoms. The summed E-state index contributed by atoms with van der Waals surface area (Å²) >= 11 is 1.16. The maximum atomic E-state index is 14.3. The Morgan fingerprint density at radius 1 is 1.26 bits per heavy atom. The monoisotopic (exact) mass is 514 g/mol. The molecule has 2 atom stereocenters. The van der Waals surface area contributed by atoms with Gasteiger partial charge in [0.05, 0.1) is 22.7 Å². The topological polar surface area (TPSA) is 93.1 Å². The van der Waals surface area contributed by atoms with Crippen molar-refractivity contribution in [3.8, 4) is 10.7 Å². The molecule has 0 aliphatic carbocycles. The molecule has 4 rings (SSSR count). The zero-order valence-corrected chi connectivity index (χ0v) is 19.2. The van der Waals surface area contributed by atoms with Crippen LogP contribution in [-0.2, 0) is 10.9 Å². The van der Waals surface area contributed by atoms with Crippen molar-refractivity contribution in [1.82, 2.24) is 24.8 Å². The van der Waals surface area contributed by atoms with Crippen LogP contribution in [0.15, 0.2) is 36.8 Å². The van der Waals surface area contributed by atoms with Gasteiger partial charge in [0.15, 0.2) is 11.5 Å². The van der Waals surface area contributed by atoms with Crippen molar-refractivity contribution in [2.24, 2.45) is 0 Å². The molecule has 1 amide bonds. The number of alkyl halides is 5. The Hall–Kier alpha value is -3.26. The number of morpholine rings is 1. The Kier molecular flexibility index (Phi) is 6.68. The van der Waals surface area contributed by atoms with E-state index in [-0.39, 0.29) is 23.9 Å². The first-order chi connectivity index (χ1) is 16.4. The molecule has 1 aliphatic heterocycles. The molecule has 0 aromatic carbocycles. The van der Waals surface area contributed by atoms with Gasteiger partial charge in [-0.15, -0.1) is 11.3 Å². The number of halogens is 5. The third-order valence-corrected chi connectivity index (χ3v) is 6.17. The maximum absolute atomic E-state index is 14.3. The van der Waals surface area contributed by atoms with Gasteiger partial charge < -0.3 is 15.0 Å². The number of carbonyl (C=O) groups excluding carboxylic acids is 1. The van der Waals surface area contributed by atoms with Crippen LogP contribution in [0.2, 0.25) is 0 Å². The highest BCUT2D eigenvalue weighted by atomic mass is 32.1. The van der Waals surface area contributed by atoms with E-state index in [1.165, 1.54) is 19.3 Å². The van der Waals surface area contributed by atoms with E-state index in [2.05, 4.69) is 25.3 Å². The molecule has 0 unspecified atom stereocenters. The Morgan fingerprint density at radius 2 is 1.97 bits per heavy atom. The van der Waals surface area contributed by atoms with Crippen LogP contribution in [0.1, 0.15) is 28.0 Å². The molecular formula is C21H19F5N6O2S. The molecule has 1 aliphatic rings. The van der Waals surface area contributed by atoms with Crippen molar-refractivity contribution >= 4 is 23.1 Å². The van der Waals surface area contributed by atoms with Crippen LogP contribution >= 0.6 is 11.3 Å². The van der Waals surface area contributed by atoms with Crippen LogP contribution in [-0.4, -0.2) is 62.1 Å². The number of aromatic nitrogens is 4. The molecule has 0 saturated carbocycles. The van der Waals surface area contributed by atoms with Crippen molar-refractivity contribution in [2.45, 2.75) is 38.3 Å². The summed E-state index contributed by atoms with van der Waals surface area (Å²) in [7, 11) is 0. The van der Waals surface area contributed by atoms with Crippen LogP contribution in [0.3, 0.4) is 0 Å². The van der Waals surface area contributed by atoms with Gasteiger partial charge in [0, 0.05) is 25.1 Å². The predicted octanol–water partition coefficient (Wildman–Crippen LogP) is 4.26. The first-order valence-corrected chi connectivity index (χ1v) is 11.1. The highest BCUT2D eigenvalue weighted by Gasteiger charge is 2.48. The Labute approximate surface area is 200 Å². The van der Waals surface area contributed by atoms with Gasteiger partial charge in [-0.3, -0.25) is 4.79 Å². The van der Waals surface area contributed by atoms with Crippen LogP contribution < -0.4 is 5.32 Å². The lowest BCUT2D eigenvalue weighted by Gasteiger charge is -2.43. The number of carbonyl (C=O) groups is 1. The second kappa shape index (κ2) is 9.41. The lowest BCUT2D eigenvalue weighted by Crippen LogP contribution is -2.61. The summed E-state index contributed by atoms with van der Waals surface area (Å²) in [4.78, 5) is 31.0. The molecule has 186 valence electrons. The van der Waals surface area contributed by atoms with Gasteiger partial charge in [0.2, 0.25) is 0 Å². The molecule has 35 heavy (non-hydrogen) atoms. The van der Waals surface area contributed by atoms with E-state index in [9.17, 15) is 26.7 Å². The van der Waals surface area contributed by atoms with Crippen LogP contribution in [0.4, 0.5) is 27.8 Å². The van der Waals surface area contributed by atoms with Crippen molar-refractivity contribution in [3.63, 3.8) is 0 Å². The van der Waals surface area contributed by atoms with Crippen LogP contribution in [0, 0.1) is 6.92 Å². The van der Waals surface area contributed by atoms with Crippen molar-refractivity contribution in [1.29, 1.82) is 0 Å². The number of hydrogen-bond acceptors (Lipinski definition) is 8. The minimum absolute atomic E-state index is 0.0683. The van der Waals surface area contributed by atoms with Gasteiger partial charge in [-0.05, 0) is 32.0 Å². The first kappa shape index (κ1) is 24.9. The second-order valence-corrected chi connectivity index (χ2v) is 8.96. The van der Waals surface area contributed by atoms with E-state index in [1.54, 1.807) is 13.0 Å². The van der Waals surface area contributed by atoms with Gasteiger partial charge in [-0.1, -0.05) is 0 Å². The largest absolute Gasteiger partial charge is 0.417 e. The fourth-order valence-corrected chi connectivity index (χ4v) is 4.47. The van der Waals surface area contributed by atoms with E-state index in [1.807, 2.05) is 0 Å². The number of nitrogens with one attached hydrogen (secondary N) is 1. The summed E-state index contributed by atoms with van der Waals surface area (Å²) in [6.45, 7) is 1.91. The molecule has 1 fully saturated rings. The normalized spacial score (nSPS) is 20.0. The highest BCUT2D eigenvalue weighted by molar-refractivity contribution is 7.15. The SMILES string of the molecule is Cc1nc(C(=O)N2CC(F)(F)O[C@@H](C)[C@H]2CNc2ccc(C(F)(F)F)cn2)c(-c2ncccn2)s1. The third-order valence-electron chi connectivity index (χ3n) is 5.20. The Balaban J connectivity index is 1.60. The van der Waals surface area contributed by atoms with Crippen molar-refractivity contribution in [2.75, 3.05) is 18.4 Å². The minimum atomic E-state index is -4.54. The molecule has 0 bridgehead atoms. The molecule has 3 aromatic heterocycles. The molecule has 1 saturated heterocycles. The highest BCUT2D eigenvalue weighted by Crippen LogP contribution is 2.34. The third kappa shape index (κ3) is 5.53. The average Bonchev–Trinajstić information content (AvgIpc) is 3.19. The lowest BCUT2D eigenvalue weighted by atomic mass is 10.1. The van der Waals surface area contributed by atoms with Gasteiger partial charge in [-0.2, -0.15) is 22.0 Å². The van der Waals surface area contributed by atoms with Crippen molar-refractivity contribution in [3.05, 3.63) is 53.1 Å². The second-order valence-electron chi connectivity index (χ2n) is 7.75.